The van der Waals surface area contributed by atoms with Crippen LogP contribution in [-0.4, -0.2) is 11.2 Å². The second-order valence-corrected chi connectivity index (χ2v) is 5.42. The maximum Gasteiger partial charge on any atom is 0.0613 e. The Morgan fingerprint density at radius 3 is 2.77 bits per heavy atom. The molecule has 0 spiro atoms. The van der Waals surface area contributed by atoms with E-state index < -0.39 is 0 Å². The first-order valence-electron chi connectivity index (χ1n) is 5.37. The second-order valence-electron chi connectivity index (χ2n) is 5.42. The third kappa shape index (κ3) is 1.34. The first kappa shape index (κ1) is 9.26. The minimum absolute atomic E-state index is 0.0865. The lowest BCUT2D eigenvalue weighted by Crippen LogP contribution is -2.26. The average Bonchev–Trinajstić information content (AvgIpc) is 2.24. The van der Waals surface area contributed by atoms with Gasteiger partial charge in [-0.15, -0.1) is 0 Å². The first-order chi connectivity index (χ1) is 6.02. The predicted octanol–water partition coefficient (Wildman–Crippen LogP) is 2.75. The normalized spacial score (nSPS) is 42.8. The van der Waals surface area contributed by atoms with Gasteiger partial charge in [-0.1, -0.05) is 25.5 Å². The van der Waals surface area contributed by atoms with E-state index >= 15 is 0 Å². The van der Waals surface area contributed by atoms with Crippen LogP contribution in [0.4, 0.5) is 0 Å². The fourth-order valence-electron chi connectivity index (χ4n) is 3.39. The first-order valence-corrected chi connectivity index (χ1v) is 5.37. The third-order valence-electron chi connectivity index (χ3n) is 4.06. The molecule has 2 aliphatic carbocycles. The van der Waals surface area contributed by atoms with Crippen LogP contribution in [0.2, 0.25) is 0 Å². The Bertz CT molecular complexity index is 240. The molecule has 0 unspecified atom stereocenters. The van der Waals surface area contributed by atoms with Crippen molar-refractivity contribution in [2.24, 2.45) is 17.3 Å². The standard InChI is InChI=1S/C12H20O/c1-8-5-4-6-9-11(8)10(13)7-12(9,2)3/h5,9-11,13H,4,6-7H2,1-3H3/t9-,10-,11+/m0/s1. The molecular formula is C12H20O. The zero-order valence-electron chi connectivity index (χ0n) is 8.88. The van der Waals surface area contributed by atoms with Gasteiger partial charge in [0.25, 0.3) is 0 Å². The number of hydrogen-bond acceptors (Lipinski definition) is 1. The molecule has 1 nitrogen and oxygen atoms in total. The smallest absolute Gasteiger partial charge is 0.0613 e. The SMILES string of the molecule is CC1=CCC[C@H]2[C@@H]1[C@@H](O)CC2(C)C. The molecule has 1 N–H and O–H groups in total. The Morgan fingerprint density at radius 1 is 1.46 bits per heavy atom. The Kier molecular flexibility index (Phi) is 2.03. The van der Waals surface area contributed by atoms with Gasteiger partial charge in [0.2, 0.25) is 0 Å². The van der Waals surface area contributed by atoms with Gasteiger partial charge in [0.05, 0.1) is 6.10 Å². The van der Waals surface area contributed by atoms with Crippen molar-refractivity contribution in [2.75, 3.05) is 0 Å². The molecule has 0 saturated heterocycles. The molecule has 2 aliphatic rings. The highest BCUT2D eigenvalue weighted by atomic mass is 16.3. The van der Waals surface area contributed by atoms with Crippen LogP contribution in [0, 0.1) is 17.3 Å². The van der Waals surface area contributed by atoms with E-state index in [1.54, 1.807) is 0 Å². The molecular weight excluding hydrogens is 160 g/mol. The van der Waals surface area contributed by atoms with Crippen LogP contribution in [0.1, 0.15) is 40.0 Å². The van der Waals surface area contributed by atoms with Crippen molar-refractivity contribution >= 4 is 0 Å². The summed E-state index contributed by atoms with van der Waals surface area (Å²) < 4.78 is 0. The highest BCUT2D eigenvalue weighted by Crippen LogP contribution is 2.53. The van der Waals surface area contributed by atoms with Gasteiger partial charge < -0.3 is 5.11 Å². The van der Waals surface area contributed by atoms with Crippen molar-refractivity contribution in [1.82, 2.24) is 0 Å². The van der Waals surface area contributed by atoms with Crippen LogP contribution >= 0.6 is 0 Å². The summed E-state index contributed by atoms with van der Waals surface area (Å²) in [5.74, 6) is 1.18. The van der Waals surface area contributed by atoms with Gasteiger partial charge in [0, 0.05) is 5.92 Å². The zero-order valence-corrected chi connectivity index (χ0v) is 8.88. The van der Waals surface area contributed by atoms with Crippen LogP contribution in [0.15, 0.2) is 11.6 Å². The van der Waals surface area contributed by atoms with Crippen LogP contribution in [0.25, 0.3) is 0 Å². The Morgan fingerprint density at radius 2 is 2.15 bits per heavy atom. The van der Waals surface area contributed by atoms with Crippen molar-refractivity contribution in [3.63, 3.8) is 0 Å². The number of aliphatic hydroxyl groups excluding tert-OH is 1. The lowest BCUT2D eigenvalue weighted by Gasteiger charge is -2.33. The molecule has 2 rings (SSSR count). The molecule has 0 amide bonds. The van der Waals surface area contributed by atoms with Crippen molar-refractivity contribution in [1.29, 1.82) is 0 Å². The van der Waals surface area contributed by atoms with E-state index in [1.165, 1.54) is 18.4 Å². The molecule has 0 bridgehead atoms. The zero-order chi connectivity index (χ0) is 9.64. The van der Waals surface area contributed by atoms with E-state index in [-0.39, 0.29) is 6.10 Å². The molecule has 0 heterocycles. The Labute approximate surface area is 80.8 Å². The summed E-state index contributed by atoms with van der Waals surface area (Å²) in [7, 11) is 0. The quantitative estimate of drug-likeness (QED) is 0.568. The van der Waals surface area contributed by atoms with Crippen molar-refractivity contribution in [3.05, 3.63) is 11.6 Å². The second kappa shape index (κ2) is 2.84. The number of fused-ring (bicyclic) bond motifs is 1. The molecule has 13 heavy (non-hydrogen) atoms. The maximum absolute atomic E-state index is 9.99. The molecule has 0 aromatic carbocycles. The van der Waals surface area contributed by atoms with Crippen LogP contribution in [0.3, 0.4) is 0 Å². The monoisotopic (exact) mass is 180 g/mol. The van der Waals surface area contributed by atoms with Crippen LogP contribution in [0.5, 0.6) is 0 Å². The van der Waals surface area contributed by atoms with Gasteiger partial charge in [0.1, 0.15) is 0 Å². The summed E-state index contributed by atoms with van der Waals surface area (Å²) in [6, 6.07) is 0. The number of rotatable bonds is 0. The third-order valence-corrected chi connectivity index (χ3v) is 4.06. The summed E-state index contributed by atoms with van der Waals surface area (Å²) >= 11 is 0. The van der Waals surface area contributed by atoms with E-state index in [4.69, 9.17) is 0 Å². The molecule has 0 radical (unpaired) electrons. The van der Waals surface area contributed by atoms with Crippen molar-refractivity contribution in [3.8, 4) is 0 Å². The van der Waals surface area contributed by atoms with Gasteiger partial charge in [-0.3, -0.25) is 0 Å². The van der Waals surface area contributed by atoms with E-state index in [2.05, 4.69) is 26.8 Å². The molecule has 1 saturated carbocycles. The molecule has 0 aliphatic heterocycles. The fourth-order valence-corrected chi connectivity index (χ4v) is 3.39. The number of hydrogen-bond donors (Lipinski definition) is 1. The summed E-state index contributed by atoms with van der Waals surface area (Å²) in [5.41, 5.74) is 1.77. The van der Waals surface area contributed by atoms with Crippen molar-refractivity contribution in [2.45, 2.75) is 46.1 Å². The van der Waals surface area contributed by atoms with Crippen molar-refractivity contribution < 1.29 is 5.11 Å². The molecule has 0 aromatic heterocycles. The molecule has 3 atom stereocenters. The summed E-state index contributed by atoms with van der Waals surface area (Å²) in [6.45, 7) is 6.79. The maximum atomic E-state index is 9.99. The Hall–Kier alpha value is -0.300. The summed E-state index contributed by atoms with van der Waals surface area (Å²) in [6.07, 6.45) is 5.69. The van der Waals surface area contributed by atoms with E-state index in [9.17, 15) is 5.11 Å². The molecule has 1 fully saturated rings. The van der Waals surface area contributed by atoms with Gasteiger partial charge >= 0.3 is 0 Å². The van der Waals surface area contributed by atoms with Gasteiger partial charge in [-0.25, -0.2) is 0 Å². The number of aliphatic hydroxyl groups is 1. The van der Waals surface area contributed by atoms with E-state index in [0.29, 0.717) is 17.3 Å². The summed E-state index contributed by atoms with van der Waals surface area (Å²) in [4.78, 5) is 0. The molecule has 1 heteroatoms. The molecule has 74 valence electrons. The van der Waals surface area contributed by atoms with Gasteiger partial charge in [-0.2, -0.15) is 0 Å². The summed E-state index contributed by atoms with van der Waals surface area (Å²) in [5, 5.41) is 9.99. The minimum atomic E-state index is -0.0865. The largest absolute Gasteiger partial charge is 0.392 e. The highest BCUT2D eigenvalue weighted by molar-refractivity contribution is 5.17. The topological polar surface area (TPSA) is 20.2 Å². The minimum Gasteiger partial charge on any atom is -0.392 e. The molecule has 0 aromatic rings. The van der Waals surface area contributed by atoms with E-state index in [0.717, 1.165) is 6.42 Å². The average molecular weight is 180 g/mol. The Balaban J connectivity index is 2.31. The highest BCUT2D eigenvalue weighted by Gasteiger charge is 2.48. The van der Waals surface area contributed by atoms with Gasteiger partial charge in [-0.05, 0) is 37.5 Å². The predicted molar refractivity (Wildman–Crippen MR) is 54.4 cm³/mol. The fraction of sp³-hybridized carbons (Fsp3) is 0.833. The van der Waals surface area contributed by atoms with Crippen LogP contribution in [-0.2, 0) is 0 Å². The lowest BCUT2D eigenvalue weighted by atomic mass is 9.71. The lowest BCUT2D eigenvalue weighted by molar-refractivity contribution is 0.131. The number of allylic oxidation sites excluding steroid dienone is 1. The van der Waals surface area contributed by atoms with Gasteiger partial charge in [0.15, 0.2) is 0 Å². The van der Waals surface area contributed by atoms with Crippen LogP contribution < -0.4 is 0 Å². The van der Waals surface area contributed by atoms with E-state index in [1.807, 2.05) is 0 Å².